The first-order valence-electron chi connectivity index (χ1n) is 5.61. The van der Waals surface area contributed by atoms with Crippen molar-refractivity contribution in [1.29, 1.82) is 0 Å². The number of nitrogens with one attached hydrogen (secondary N) is 1. The number of halogens is 1. The maximum atomic E-state index is 13.4. The highest BCUT2D eigenvalue weighted by atomic mass is 19.1. The number of hydrogen-bond acceptors (Lipinski definition) is 2. The molecular weight excluding hydrogens is 237 g/mol. The smallest absolute Gasteiger partial charge is 0.303 e. The van der Waals surface area contributed by atoms with Crippen LogP contribution in [-0.2, 0) is 4.79 Å². The molecule has 0 unspecified atom stereocenters. The van der Waals surface area contributed by atoms with Gasteiger partial charge in [-0.3, -0.25) is 9.59 Å². The van der Waals surface area contributed by atoms with Crippen molar-refractivity contribution in [1.82, 2.24) is 5.32 Å². The lowest BCUT2D eigenvalue weighted by atomic mass is 9.97. The lowest BCUT2D eigenvalue weighted by Gasteiger charge is -2.25. The number of benzene rings is 1. The molecule has 2 N–H and O–H groups in total. The molecule has 0 atom stereocenters. The van der Waals surface area contributed by atoms with Gasteiger partial charge >= 0.3 is 5.97 Å². The molecule has 18 heavy (non-hydrogen) atoms. The van der Waals surface area contributed by atoms with E-state index < -0.39 is 23.2 Å². The molecule has 98 valence electrons. The van der Waals surface area contributed by atoms with Crippen molar-refractivity contribution in [3.63, 3.8) is 0 Å². The molecule has 1 aromatic carbocycles. The van der Waals surface area contributed by atoms with Crippen LogP contribution in [0, 0.1) is 5.82 Å². The summed E-state index contributed by atoms with van der Waals surface area (Å²) >= 11 is 0. The summed E-state index contributed by atoms with van der Waals surface area (Å²) in [6, 6.07) is 5.67. The number of hydrogen-bond donors (Lipinski definition) is 2. The predicted molar refractivity (Wildman–Crippen MR) is 64.8 cm³/mol. The maximum absolute atomic E-state index is 13.4. The van der Waals surface area contributed by atoms with Gasteiger partial charge in [-0.05, 0) is 32.4 Å². The van der Waals surface area contributed by atoms with Crippen LogP contribution >= 0.6 is 0 Å². The van der Waals surface area contributed by atoms with Gasteiger partial charge in [0.1, 0.15) is 5.82 Å². The number of carbonyl (C=O) groups excluding carboxylic acids is 1. The van der Waals surface area contributed by atoms with Gasteiger partial charge in [0.2, 0.25) is 0 Å². The van der Waals surface area contributed by atoms with Crippen molar-refractivity contribution in [3.8, 4) is 0 Å². The zero-order valence-corrected chi connectivity index (χ0v) is 10.4. The normalized spacial score (nSPS) is 11.1. The fourth-order valence-electron chi connectivity index (χ4n) is 1.50. The van der Waals surface area contributed by atoms with Crippen LogP contribution in [0.2, 0.25) is 0 Å². The van der Waals surface area contributed by atoms with Crippen molar-refractivity contribution >= 4 is 11.9 Å². The summed E-state index contributed by atoms with van der Waals surface area (Å²) in [5.41, 5.74) is -0.738. The third-order valence-electron chi connectivity index (χ3n) is 2.53. The predicted octanol–water partition coefficient (Wildman–Crippen LogP) is 2.20. The molecule has 0 saturated carbocycles. The van der Waals surface area contributed by atoms with Crippen LogP contribution in [0.4, 0.5) is 4.39 Å². The molecule has 4 nitrogen and oxygen atoms in total. The van der Waals surface area contributed by atoms with Crippen molar-refractivity contribution in [2.45, 2.75) is 32.2 Å². The second-order valence-electron chi connectivity index (χ2n) is 4.71. The Bertz CT molecular complexity index is 457. The van der Waals surface area contributed by atoms with Crippen LogP contribution in [0.5, 0.6) is 0 Å². The lowest BCUT2D eigenvalue weighted by Crippen LogP contribution is -2.44. The number of carboxylic acid groups (broad SMARTS) is 1. The molecule has 0 aliphatic carbocycles. The summed E-state index contributed by atoms with van der Waals surface area (Å²) in [5, 5.41) is 11.2. The molecule has 0 spiro atoms. The molecule has 5 heteroatoms. The standard InChI is InChI=1S/C13H16FNO3/c1-13(2,8-7-11(16)17)15-12(18)9-5-3-4-6-10(9)14/h3-6H,7-8H2,1-2H3,(H,15,18)(H,16,17). The molecule has 0 aliphatic rings. The zero-order valence-electron chi connectivity index (χ0n) is 10.4. The number of aliphatic carboxylic acids is 1. The van der Waals surface area contributed by atoms with Crippen LogP contribution in [0.1, 0.15) is 37.0 Å². The topological polar surface area (TPSA) is 66.4 Å². The molecule has 0 saturated heterocycles. The second kappa shape index (κ2) is 5.62. The van der Waals surface area contributed by atoms with Crippen molar-refractivity contribution in [2.75, 3.05) is 0 Å². The van der Waals surface area contributed by atoms with E-state index in [2.05, 4.69) is 5.32 Å². The van der Waals surface area contributed by atoms with Gasteiger partial charge in [0, 0.05) is 12.0 Å². The molecule has 0 aliphatic heterocycles. The summed E-state index contributed by atoms with van der Waals surface area (Å²) in [4.78, 5) is 22.3. The average Bonchev–Trinajstić information content (AvgIpc) is 2.26. The quantitative estimate of drug-likeness (QED) is 0.845. The minimum Gasteiger partial charge on any atom is -0.481 e. The highest BCUT2D eigenvalue weighted by Gasteiger charge is 2.23. The first-order valence-corrected chi connectivity index (χ1v) is 5.61. The molecule has 0 fully saturated rings. The molecule has 0 heterocycles. The SMILES string of the molecule is CC(C)(CCC(=O)O)NC(=O)c1ccccc1F. The number of amides is 1. The van der Waals surface area contributed by atoms with Gasteiger partial charge in [0.15, 0.2) is 0 Å². The molecule has 0 aromatic heterocycles. The average molecular weight is 253 g/mol. The Morgan fingerprint density at radius 3 is 2.50 bits per heavy atom. The largest absolute Gasteiger partial charge is 0.481 e. The Kier molecular flexibility index (Phi) is 4.42. The van der Waals surface area contributed by atoms with Crippen LogP contribution in [-0.4, -0.2) is 22.5 Å². The minimum absolute atomic E-state index is 0.0408. The lowest BCUT2D eigenvalue weighted by molar-refractivity contribution is -0.137. The zero-order chi connectivity index (χ0) is 13.8. The van der Waals surface area contributed by atoms with E-state index in [-0.39, 0.29) is 18.4 Å². The van der Waals surface area contributed by atoms with Crippen LogP contribution in [0.3, 0.4) is 0 Å². The molecule has 1 rings (SSSR count). The van der Waals surface area contributed by atoms with E-state index >= 15 is 0 Å². The Morgan fingerprint density at radius 1 is 1.33 bits per heavy atom. The molecule has 1 amide bonds. The van der Waals surface area contributed by atoms with E-state index in [0.717, 1.165) is 0 Å². The molecular formula is C13H16FNO3. The molecule has 0 bridgehead atoms. The number of carboxylic acids is 1. The first kappa shape index (κ1) is 14.2. The third-order valence-corrected chi connectivity index (χ3v) is 2.53. The third kappa shape index (κ3) is 4.16. The number of rotatable bonds is 5. The van der Waals surface area contributed by atoms with Gasteiger partial charge in [0.25, 0.3) is 5.91 Å². The minimum atomic E-state index is -0.928. The fourth-order valence-corrected chi connectivity index (χ4v) is 1.50. The maximum Gasteiger partial charge on any atom is 0.303 e. The summed E-state index contributed by atoms with van der Waals surface area (Å²) in [6.45, 7) is 3.41. The fraction of sp³-hybridized carbons (Fsp3) is 0.385. The van der Waals surface area contributed by atoms with E-state index in [4.69, 9.17) is 5.11 Å². The van der Waals surface area contributed by atoms with Gasteiger partial charge in [-0.1, -0.05) is 12.1 Å². The second-order valence-corrected chi connectivity index (χ2v) is 4.71. The number of carbonyl (C=O) groups is 2. The van der Waals surface area contributed by atoms with Crippen molar-refractivity contribution in [3.05, 3.63) is 35.6 Å². The summed E-state index contributed by atoms with van der Waals surface area (Å²) < 4.78 is 13.4. The van der Waals surface area contributed by atoms with E-state index in [1.165, 1.54) is 18.2 Å². The van der Waals surface area contributed by atoms with Crippen molar-refractivity contribution in [2.24, 2.45) is 0 Å². The summed E-state index contributed by atoms with van der Waals surface area (Å²) in [6.07, 6.45) is 0.229. The van der Waals surface area contributed by atoms with E-state index in [1.54, 1.807) is 19.9 Å². The van der Waals surface area contributed by atoms with Crippen LogP contribution in [0.25, 0.3) is 0 Å². The van der Waals surface area contributed by atoms with Gasteiger partial charge in [-0.25, -0.2) is 4.39 Å². The monoisotopic (exact) mass is 253 g/mol. The van der Waals surface area contributed by atoms with Gasteiger partial charge < -0.3 is 10.4 Å². The van der Waals surface area contributed by atoms with E-state index in [9.17, 15) is 14.0 Å². The Morgan fingerprint density at radius 2 is 1.94 bits per heavy atom. The van der Waals surface area contributed by atoms with Gasteiger partial charge in [0.05, 0.1) is 5.56 Å². The Labute approximate surface area is 105 Å². The van der Waals surface area contributed by atoms with Gasteiger partial charge in [-0.15, -0.1) is 0 Å². The first-order chi connectivity index (χ1) is 8.32. The highest BCUT2D eigenvalue weighted by molar-refractivity contribution is 5.94. The summed E-state index contributed by atoms with van der Waals surface area (Å²) in [5.74, 6) is -2.06. The van der Waals surface area contributed by atoms with Crippen molar-refractivity contribution < 1.29 is 19.1 Å². The Balaban J connectivity index is 2.69. The highest BCUT2D eigenvalue weighted by Crippen LogP contribution is 2.14. The molecule has 1 aromatic rings. The summed E-state index contributed by atoms with van der Waals surface area (Å²) in [7, 11) is 0. The van der Waals surface area contributed by atoms with Crippen LogP contribution in [0.15, 0.2) is 24.3 Å². The Hall–Kier alpha value is -1.91. The van der Waals surface area contributed by atoms with Gasteiger partial charge in [-0.2, -0.15) is 0 Å². The van der Waals surface area contributed by atoms with E-state index in [0.29, 0.717) is 0 Å². The van der Waals surface area contributed by atoms with E-state index in [1.807, 2.05) is 0 Å². The van der Waals surface area contributed by atoms with Crippen LogP contribution < -0.4 is 5.32 Å². The molecule has 0 radical (unpaired) electrons.